The zero-order valence-electron chi connectivity index (χ0n) is 20.2. The summed E-state index contributed by atoms with van der Waals surface area (Å²) in [6.07, 6.45) is -1.46. The molecule has 192 valence electrons. The molecule has 0 aliphatic heterocycles. The Hall–Kier alpha value is -4.93. The molecule has 0 aliphatic carbocycles. The largest absolute Gasteiger partial charge is 0.497 e. The van der Waals surface area contributed by atoms with Crippen LogP contribution in [0.5, 0.6) is 5.75 Å². The van der Waals surface area contributed by atoms with E-state index in [0.717, 1.165) is 29.1 Å². The van der Waals surface area contributed by atoms with Gasteiger partial charge in [-0.25, -0.2) is 14.6 Å². The molecule has 0 saturated carbocycles. The number of nitrogens with one attached hydrogen (secondary N) is 2. The van der Waals surface area contributed by atoms with Gasteiger partial charge in [0.1, 0.15) is 17.9 Å². The Balaban J connectivity index is 1.41. The highest BCUT2D eigenvalue weighted by atomic mass is 19.4. The Morgan fingerprint density at radius 3 is 2.53 bits per heavy atom. The average molecular weight is 518 g/mol. The molecule has 8 nitrogen and oxygen atoms in total. The predicted molar refractivity (Wildman–Crippen MR) is 137 cm³/mol. The number of carbonyl (C=O) groups is 1. The number of methoxy groups -OCH3 is 1. The van der Waals surface area contributed by atoms with E-state index < -0.39 is 17.6 Å². The van der Waals surface area contributed by atoms with E-state index in [1.165, 1.54) is 18.5 Å². The Morgan fingerprint density at radius 2 is 1.79 bits per heavy atom. The van der Waals surface area contributed by atoms with E-state index in [0.29, 0.717) is 22.5 Å². The number of halogens is 3. The number of aromatic nitrogens is 4. The van der Waals surface area contributed by atoms with Gasteiger partial charge in [-0.2, -0.15) is 18.3 Å². The number of ether oxygens (including phenoxy) is 1. The first-order valence-corrected chi connectivity index (χ1v) is 11.4. The molecule has 0 unspecified atom stereocenters. The summed E-state index contributed by atoms with van der Waals surface area (Å²) in [6.45, 7) is 1.86. The summed E-state index contributed by atoms with van der Waals surface area (Å²) in [6, 6.07) is 16.8. The fourth-order valence-electron chi connectivity index (χ4n) is 3.86. The van der Waals surface area contributed by atoms with Gasteiger partial charge in [0.15, 0.2) is 5.65 Å². The van der Waals surface area contributed by atoms with Crippen molar-refractivity contribution in [3.8, 4) is 11.4 Å². The van der Waals surface area contributed by atoms with E-state index in [1.54, 1.807) is 36.2 Å². The topological polar surface area (TPSA) is 94.0 Å². The molecule has 1 amide bonds. The van der Waals surface area contributed by atoms with Crippen LogP contribution in [0.15, 0.2) is 79.3 Å². The lowest BCUT2D eigenvalue weighted by Crippen LogP contribution is -2.13. The van der Waals surface area contributed by atoms with Crippen molar-refractivity contribution in [2.75, 3.05) is 17.7 Å². The zero-order chi connectivity index (χ0) is 26.9. The fourth-order valence-corrected chi connectivity index (χ4v) is 3.86. The minimum Gasteiger partial charge on any atom is -0.497 e. The Kier molecular flexibility index (Phi) is 6.41. The summed E-state index contributed by atoms with van der Waals surface area (Å²) in [5.74, 6) is 0.649. The monoisotopic (exact) mass is 518 g/mol. The molecule has 0 saturated heterocycles. The van der Waals surface area contributed by atoms with Crippen molar-refractivity contribution < 1.29 is 22.7 Å². The molecule has 0 fully saturated rings. The number of hydrogen-bond donors (Lipinski definition) is 2. The second-order valence-electron chi connectivity index (χ2n) is 8.40. The molecule has 5 rings (SSSR count). The van der Waals surface area contributed by atoms with Crippen molar-refractivity contribution >= 4 is 34.1 Å². The zero-order valence-corrected chi connectivity index (χ0v) is 20.2. The number of anilines is 3. The van der Waals surface area contributed by atoms with Crippen LogP contribution in [0.2, 0.25) is 0 Å². The first-order valence-electron chi connectivity index (χ1n) is 11.4. The first-order chi connectivity index (χ1) is 18.2. The number of amides is 1. The van der Waals surface area contributed by atoms with Crippen molar-refractivity contribution in [1.82, 2.24) is 19.7 Å². The average Bonchev–Trinajstić information content (AvgIpc) is 3.35. The van der Waals surface area contributed by atoms with Crippen LogP contribution in [0.4, 0.5) is 30.4 Å². The molecule has 2 aromatic heterocycles. The van der Waals surface area contributed by atoms with Gasteiger partial charge in [0, 0.05) is 16.9 Å². The van der Waals surface area contributed by atoms with Gasteiger partial charge in [0.2, 0.25) is 0 Å². The van der Waals surface area contributed by atoms with Crippen molar-refractivity contribution in [2.24, 2.45) is 0 Å². The molecule has 2 N–H and O–H groups in total. The second kappa shape index (κ2) is 9.85. The predicted octanol–water partition coefficient (Wildman–Crippen LogP) is 6.15. The summed E-state index contributed by atoms with van der Waals surface area (Å²) in [7, 11) is 1.59. The fraction of sp³-hybridized carbons (Fsp3) is 0.111. The van der Waals surface area contributed by atoms with Gasteiger partial charge < -0.3 is 15.4 Å². The maximum Gasteiger partial charge on any atom is 0.416 e. The molecule has 0 atom stereocenters. The third-order valence-corrected chi connectivity index (χ3v) is 5.88. The van der Waals surface area contributed by atoms with E-state index in [1.807, 2.05) is 31.2 Å². The third-order valence-electron chi connectivity index (χ3n) is 5.88. The number of aryl methyl sites for hydroxylation is 1. The van der Waals surface area contributed by atoms with Crippen LogP contribution in [-0.4, -0.2) is 32.8 Å². The van der Waals surface area contributed by atoms with Crippen molar-refractivity contribution in [2.45, 2.75) is 13.1 Å². The van der Waals surface area contributed by atoms with Crippen LogP contribution in [0.3, 0.4) is 0 Å². The van der Waals surface area contributed by atoms with Crippen LogP contribution < -0.4 is 15.4 Å². The van der Waals surface area contributed by atoms with E-state index in [4.69, 9.17) is 4.74 Å². The summed E-state index contributed by atoms with van der Waals surface area (Å²) in [5.41, 5.74) is 2.25. The minimum atomic E-state index is -4.51. The van der Waals surface area contributed by atoms with Crippen molar-refractivity contribution in [3.63, 3.8) is 0 Å². The van der Waals surface area contributed by atoms with Gasteiger partial charge in [0.05, 0.1) is 29.9 Å². The molecule has 0 radical (unpaired) electrons. The van der Waals surface area contributed by atoms with Crippen LogP contribution in [0.25, 0.3) is 16.7 Å². The van der Waals surface area contributed by atoms with Gasteiger partial charge in [-0.15, -0.1) is 0 Å². The summed E-state index contributed by atoms with van der Waals surface area (Å²) in [4.78, 5) is 21.6. The number of hydrogen-bond acceptors (Lipinski definition) is 6. The van der Waals surface area contributed by atoms with Crippen LogP contribution >= 0.6 is 0 Å². The molecule has 38 heavy (non-hydrogen) atoms. The number of benzene rings is 3. The molecule has 5 aromatic rings. The van der Waals surface area contributed by atoms with Crippen molar-refractivity contribution in [3.05, 3.63) is 95.9 Å². The molecule has 11 heteroatoms. The quantitative estimate of drug-likeness (QED) is 0.280. The highest BCUT2D eigenvalue weighted by Gasteiger charge is 2.30. The number of rotatable bonds is 6. The standard InChI is InChI=1S/C27H21F3N6O2/c1-16-6-7-17(26(37)34-19-5-3-4-18(13-19)27(28,29)30)12-23(16)35-24-22-14-33-36(25(22)32-15-31-24)20-8-10-21(38-2)11-9-20/h3-15H,1-2H3,(H,34,37)(H,31,32,35). The molecule has 2 heterocycles. The summed E-state index contributed by atoms with van der Waals surface area (Å²) >= 11 is 0. The molecule has 0 bridgehead atoms. The summed E-state index contributed by atoms with van der Waals surface area (Å²) in [5, 5.41) is 10.9. The van der Waals surface area contributed by atoms with Gasteiger partial charge in [-0.1, -0.05) is 12.1 Å². The van der Waals surface area contributed by atoms with E-state index in [-0.39, 0.29) is 11.3 Å². The lowest BCUT2D eigenvalue weighted by Gasteiger charge is -2.13. The molecule has 0 spiro atoms. The normalized spacial score (nSPS) is 11.4. The van der Waals surface area contributed by atoms with E-state index in [2.05, 4.69) is 25.7 Å². The van der Waals surface area contributed by atoms with Gasteiger partial charge in [-0.3, -0.25) is 4.79 Å². The van der Waals surface area contributed by atoms with Crippen LogP contribution in [0.1, 0.15) is 21.5 Å². The summed E-state index contributed by atoms with van der Waals surface area (Å²) < 4.78 is 46.0. The Bertz CT molecular complexity index is 1630. The molecular formula is C27H21F3N6O2. The Labute approximate surface area is 215 Å². The number of fused-ring (bicyclic) bond motifs is 1. The van der Waals surface area contributed by atoms with Crippen molar-refractivity contribution in [1.29, 1.82) is 0 Å². The van der Waals surface area contributed by atoms with Crippen LogP contribution in [0, 0.1) is 6.92 Å². The van der Waals surface area contributed by atoms with Gasteiger partial charge in [0.25, 0.3) is 5.91 Å². The second-order valence-corrected chi connectivity index (χ2v) is 8.40. The smallest absolute Gasteiger partial charge is 0.416 e. The maximum absolute atomic E-state index is 13.0. The Morgan fingerprint density at radius 1 is 1.00 bits per heavy atom. The SMILES string of the molecule is COc1ccc(-n2ncc3c(Nc4cc(C(=O)Nc5cccc(C(F)(F)F)c5)ccc4C)ncnc32)cc1. The first kappa shape index (κ1) is 24.8. The van der Waals surface area contributed by atoms with Crippen LogP contribution in [-0.2, 0) is 6.18 Å². The number of alkyl halides is 3. The maximum atomic E-state index is 13.0. The van der Waals surface area contributed by atoms with E-state index >= 15 is 0 Å². The highest BCUT2D eigenvalue weighted by Crippen LogP contribution is 2.31. The van der Waals surface area contributed by atoms with Gasteiger partial charge >= 0.3 is 6.18 Å². The molecule has 3 aromatic carbocycles. The third kappa shape index (κ3) is 4.99. The minimum absolute atomic E-state index is 0.0448. The lowest BCUT2D eigenvalue weighted by atomic mass is 10.1. The molecule has 0 aliphatic rings. The lowest BCUT2D eigenvalue weighted by molar-refractivity contribution is -0.137. The number of carbonyl (C=O) groups excluding carboxylic acids is 1. The van der Waals surface area contributed by atoms with E-state index in [9.17, 15) is 18.0 Å². The number of nitrogens with zero attached hydrogens (tertiary/aromatic N) is 4. The molecular weight excluding hydrogens is 497 g/mol. The van der Waals surface area contributed by atoms with Gasteiger partial charge in [-0.05, 0) is 67.1 Å². The highest BCUT2D eigenvalue weighted by molar-refractivity contribution is 6.05.